The molecule has 0 saturated carbocycles. The maximum atomic E-state index is 10.4. The molecule has 0 aliphatic rings. The minimum atomic E-state index is -3.94. The van der Waals surface area contributed by atoms with Crippen LogP contribution in [0.2, 0.25) is 0 Å². The van der Waals surface area contributed by atoms with Crippen molar-refractivity contribution >= 4 is 7.82 Å². The van der Waals surface area contributed by atoms with Gasteiger partial charge in [-0.3, -0.25) is 9.05 Å². The Bertz CT molecular complexity index is 103. The molecule has 0 aliphatic heterocycles. The normalized spacial score (nSPS) is 11.9. The van der Waals surface area contributed by atoms with Crippen molar-refractivity contribution in [1.82, 2.24) is 0 Å². The van der Waals surface area contributed by atoms with Crippen LogP contribution >= 0.6 is 7.82 Å². The van der Waals surface area contributed by atoms with Gasteiger partial charge in [-0.25, -0.2) is 4.57 Å². The highest BCUT2D eigenvalue weighted by Crippen LogP contribution is 2.43. The second kappa shape index (κ2) is 4.01. The van der Waals surface area contributed by atoms with E-state index in [0.29, 0.717) is 0 Å². The van der Waals surface area contributed by atoms with Crippen LogP contribution in [-0.4, -0.2) is 13.2 Å². The predicted molar refractivity (Wildman–Crippen MR) is 31.5 cm³/mol. The van der Waals surface area contributed by atoms with Crippen molar-refractivity contribution in [3.8, 4) is 0 Å². The van der Waals surface area contributed by atoms with Crippen molar-refractivity contribution in [1.29, 1.82) is 0 Å². The zero-order valence-corrected chi connectivity index (χ0v) is 6.39. The summed E-state index contributed by atoms with van der Waals surface area (Å²) in [6.45, 7) is 3.43. The Morgan fingerprint density at radius 1 is 1.33 bits per heavy atom. The van der Waals surface area contributed by atoms with Crippen LogP contribution in [-0.2, 0) is 18.5 Å². The first-order valence-electron chi connectivity index (χ1n) is 2.72. The first kappa shape index (κ1) is 9.11. The van der Waals surface area contributed by atoms with Crippen LogP contribution in [0.4, 0.5) is 0 Å². The van der Waals surface area contributed by atoms with Crippen molar-refractivity contribution in [3.05, 3.63) is 0 Å². The highest BCUT2D eigenvalue weighted by Gasteiger charge is 2.20. The quantitative estimate of drug-likeness (QED) is 0.554. The van der Waals surface area contributed by atoms with Crippen LogP contribution in [0.3, 0.4) is 0 Å². The minimum absolute atomic E-state index is 0.126. The molecule has 1 radical (unpaired) electrons. The molecule has 0 aromatic carbocycles. The fourth-order valence-corrected chi connectivity index (χ4v) is 1.06. The second-order valence-corrected chi connectivity index (χ2v) is 2.69. The van der Waals surface area contributed by atoms with Gasteiger partial charge in [-0.05, 0) is 13.8 Å². The third-order valence-electron chi connectivity index (χ3n) is 0.574. The summed E-state index contributed by atoms with van der Waals surface area (Å²) < 4.78 is 18.9. The molecule has 55 valence electrons. The molecule has 5 heteroatoms. The summed E-state index contributed by atoms with van der Waals surface area (Å²) in [7, 11) is -3.94. The highest BCUT2D eigenvalue weighted by molar-refractivity contribution is 7.47. The van der Waals surface area contributed by atoms with E-state index in [-0.39, 0.29) is 13.2 Å². The molecule has 0 rings (SSSR count). The van der Waals surface area contributed by atoms with Crippen LogP contribution in [0.1, 0.15) is 13.8 Å². The van der Waals surface area contributed by atoms with Crippen LogP contribution in [0.15, 0.2) is 0 Å². The molecule has 0 amide bonds. The van der Waals surface area contributed by atoms with E-state index >= 15 is 0 Å². The Balaban J connectivity index is 3.58. The van der Waals surface area contributed by atoms with Gasteiger partial charge in [0.05, 0.1) is 13.2 Å². The Morgan fingerprint density at radius 2 is 1.67 bits per heavy atom. The summed E-state index contributed by atoms with van der Waals surface area (Å²) in [5.41, 5.74) is 0. The largest absolute Gasteiger partial charge is 0.502 e. The molecular formula is C4H10O4P. The van der Waals surface area contributed by atoms with E-state index in [1.54, 1.807) is 13.8 Å². The summed E-state index contributed by atoms with van der Waals surface area (Å²) in [5.74, 6) is 0. The third kappa shape index (κ3) is 4.60. The maximum Gasteiger partial charge on any atom is 0.502 e. The highest BCUT2D eigenvalue weighted by atomic mass is 31.2. The van der Waals surface area contributed by atoms with E-state index in [1.807, 2.05) is 0 Å². The summed E-state index contributed by atoms with van der Waals surface area (Å²) in [6.07, 6.45) is 0. The molecular weight excluding hydrogens is 128 g/mol. The smallest absolute Gasteiger partial charge is 0.286 e. The van der Waals surface area contributed by atoms with Gasteiger partial charge in [0, 0.05) is 0 Å². The summed E-state index contributed by atoms with van der Waals surface area (Å²) >= 11 is 0. The molecule has 0 aromatic heterocycles. The zero-order chi connectivity index (χ0) is 7.33. The van der Waals surface area contributed by atoms with Crippen molar-refractivity contribution in [3.63, 3.8) is 0 Å². The van der Waals surface area contributed by atoms with Crippen LogP contribution < -0.4 is 0 Å². The second-order valence-electron chi connectivity index (χ2n) is 1.28. The Morgan fingerprint density at radius 3 is 1.89 bits per heavy atom. The molecule has 0 spiro atoms. The van der Waals surface area contributed by atoms with Gasteiger partial charge in [0.2, 0.25) is 0 Å². The Labute approximate surface area is 54.4 Å². The molecule has 0 aliphatic carbocycles. The van der Waals surface area contributed by atoms with Crippen molar-refractivity contribution < 1.29 is 18.5 Å². The van der Waals surface area contributed by atoms with Gasteiger partial charge in [0.25, 0.3) is 0 Å². The van der Waals surface area contributed by atoms with Crippen LogP contribution in [0.25, 0.3) is 0 Å². The molecule has 9 heavy (non-hydrogen) atoms. The van der Waals surface area contributed by atoms with Gasteiger partial charge in [-0.15, -0.1) is 4.89 Å². The topological polar surface area (TPSA) is 55.4 Å². The first-order chi connectivity index (χ1) is 4.12. The van der Waals surface area contributed by atoms with E-state index in [1.165, 1.54) is 0 Å². The molecule has 0 saturated heterocycles. The third-order valence-corrected chi connectivity index (χ3v) is 1.72. The Kier molecular flexibility index (Phi) is 4.06. The molecule has 0 bridgehead atoms. The zero-order valence-electron chi connectivity index (χ0n) is 5.49. The molecule has 0 N–H and O–H groups in total. The van der Waals surface area contributed by atoms with Crippen molar-refractivity contribution in [2.75, 3.05) is 13.2 Å². The van der Waals surface area contributed by atoms with Crippen molar-refractivity contribution in [2.45, 2.75) is 13.8 Å². The molecule has 4 nitrogen and oxygen atoms in total. The lowest BCUT2D eigenvalue weighted by atomic mass is 0.966. The summed E-state index contributed by atoms with van der Waals surface area (Å²) in [4.78, 5) is 10.4. The van der Waals surface area contributed by atoms with E-state index in [9.17, 15) is 9.46 Å². The van der Waals surface area contributed by atoms with Gasteiger partial charge >= 0.3 is 7.82 Å². The Hall–Kier alpha value is 0.110. The molecule has 0 fully saturated rings. The standard InChI is InChI=1S/C4H10O4P/c1-3-7-9(5,6)8-4-2/h3-4H2,1-2H3/i5-15. The van der Waals surface area contributed by atoms with Gasteiger partial charge in [-0.2, -0.15) is 0 Å². The van der Waals surface area contributed by atoms with Crippen molar-refractivity contribution in [2.24, 2.45) is 0 Å². The molecule has 0 atom stereocenters. The molecule has 0 unspecified atom stereocenters. The minimum Gasteiger partial charge on any atom is -0.286 e. The van der Waals surface area contributed by atoms with Gasteiger partial charge in [0.15, 0.2) is 0 Å². The fourth-order valence-electron chi connectivity index (χ4n) is 0.353. The first-order valence-corrected chi connectivity index (χ1v) is 4.18. The van der Waals surface area contributed by atoms with E-state index in [2.05, 4.69) is 9.05 Å². The lowest BCUT2D eigenvalue weighted by Crippen LogP contribution is -1.91. The van der Waals surface area contributed by atoms with Crippen LogP contribution in [0, 0.1) is 0 Å². The number of hydrogen-bond donors (Lipinski definition) is 0. The van der Waals surface area contributed by atoms with E-state index < -0.39 is 7.82 Å². The summed E-state index contributed by atoms with van der Waals surface area (Å²) in [5, 5.41) is 0. The number of hydrogen-bond acceptors (Lipinski definition) is 3. The lowest BCUT2D eigenvalue weighted by Gasteiger charge is -2.05. The molecule has 0 heterocycles. The van der Waals surface area contributed by atoms with Crippen LogP contribution in [0.5, 0.6) is 0 Å². The van der Waals surface area contributed by atoms with Gasteiger partial charge in [0.1, 0.15) is 0 Å². The van der Waals surface area contributed by atoms with E-state index in [4.69, 9.17) is 0 Å². The predicted octanol–water partition coefficient (Wildman–Crippen LogP) is 1.60. The fraction of sp³-hybridized carbons (Fsp3) is 1.00. The van der Waals surface area contributed by atoms with Gasteiger partial charge < -0.3 is 0 Å². The summed E-state index contributed by atoms with van der Waals surface area (Å²) in [6, 6.07) is 0. The SMILES string of the molecule is CCOP(=O)([1O])OCC. The van der Waals surface area contributed by atoms with Gasteiger partial charge in [-0.1, -0.05) is 0 Å². The monoisotopic (exact) mass is 138 g/mol. The van der Waals surface area contributed by atoms with E-state index in [0.717, 1.165) is 0 Å². The average molecular weight is 138 g/mol. The average Bonchev–Trinajstić information content (AvgIpc) is 1.64. The molecule has 0 aromatic rings. The maximum absolute atomic E-state index is 10.4. The lowest BCUT2D eigenvalue weighted by molar-refractivity contribution is 0.138. The number of rotatable bonds is 4.